The molecule has 55 valence electrons. The van der Waals surface area contributed by atoms with Crippen molar-refractivity contribution >= 4 is 5.71 Å². The minimum absolute atomic E-state index is 0.285. The summed E-state index contributed by atoms with van der Waals surface area (Å²) in [5.74, 6) is 0. The smallest absolute Gasteiger partial charge is 0.164 e. The molecule has 1 aliphatic rings. The highest BCUT2D eigenvalue weighted by molar-refractivity contribution is 6.00. The van der Waals surface area contributed by atoms with Crippen LogP contribution in [0.1, 0.15) is 6.92 Å². The van der Waals surface area contributed by atoms with E-state index in [0.29, 0.717) is 0 Å². The Labute approximate surface area is 55.4 Å². The van der Waals surface area contributed by atoms with E-state index in [1.165, 1.54) is 6.92 Å². The summed E-state index contributed by atoms with van der Waals surface area (Å²) in [5, 5.41) is 2.91. The van der Waals surface area contributed by atoms with Gasteiger partial charge in [-0.15, -0.1) is 5.10 Å². The van der Waals surface area contributed by atoms with Crippen molar-refractivity contribution in [3.63, 3.8) is 0 Å². The molecule has 1 aliphatic heterocycles. The molecule has 0 saturated carbocycles. The Kier molecular flexibility index (Phi) is 1.42. The van der Waals surface area contributed by atoms with E-state index in [4.69, 9.17) is 0 Å². The van der Waals surface area contributed by atoms with E-state index < -0.39 is 11.9 Å². The highest BCUT2D eigenvalue weighted by Gasteiger charge is 2.36. The van der Waals surface area contributed by atoms with Gasteiger partial charge in [0.2, 0.25) is 0 Å². The zero-order valence-corrected chi connectivity index (χ0v) is 5.11. The van der Waals surface area contributed by atoms with Gasteiger partial charge in [-0.05, 0) is 13.0 Å². The molecule has 0 N–H and O–H groups in total. The summed E-state index contributed by atoms with van der Waals surface area (Å²) in [4.78, 5) is 0. The molecule has 0 aromatic heterocycles. The SMILES string of the molecule is CC1=CC(C(F)(F)F)=N[N]1. The maximum Gasteiger partial charge on any atom is 0.435 e. The third kappa shape index (κ3) is 1.29. The second-order valence-electron chi connectivity index (χ2n) is 1.87. The van der Waals surface area contributed by atoms with Gasteiger partial charge in [0, 0.05) is 0 Å². The predicted molar refractivity (Wildman–Crippen MR) is 29.4 cm³/mol. The largest absolute Gasteiger partial charge is 0.435 e. The van der Waals surface area contributed by atoms with Crippen LogP contribution in [0.2, 0.25) is 0 Å². The van der Waals surface area contributed by atoms with Gasteiger partial charge in [-0.1, -0.05) is 0 Å². The topological polar surface area (TPSA) is 26.5 Å². The fourth-order valence-electron chi connectivity index (χ4n) is 0.527. The summed E-state index contributed by atoms with van der Waals surface area (Å²) in [6.07, 6.45) is -3.46. The van der Waals surface area contributed by atoms with Crippen LogP contribution in [0.5, 0.6) is 0 Å². The van der Waals surface area contributed by atoms with Gasteiger partial charge < -0.3 is 0 Å². The first-order valence-corrected chi connectivity index (χ1v) is 2.54. The van der Waals surface area contributed by atoms with Crippen LogP contribution < -0.4 is 5.43 Å². The molecule has 1 rings (SSSR count). The minimum atomic E-state index is -4.36. The second kappa shape index (κ2) is 2.00. The Balaban J connectivity index is 2.77. The number of alkyl halides is 3. The average Bonchev–Trinajstić information content (AvgIpc) is 2.11. The lowest BCUT2D eigenvalue weighted by Gasteiger charge is -1.99. The number of rotatable bonds is 0. The highest BCUT2D eigenvalue weighted by atomic mass is 19.4. The Morgan fingerprint density at radius 1 is 1.40 bits per heavy atom. The fourth-order valence-corrected chi connectivity index (χ4v) is 0.527. The molecule has 1 radical (unpaired) electrons. The van der Waals surface area contributed by atoms with Crippen LogP contribution in [-0.2, 0) is 0 Å². The number of hydrogen-bond donors (Lipinski definition) is 0. The number of nitrogens with zero attached hydrogens (tertiary/aromatic N) is 2. The van der Waals surface area contributed by atoms with Crippen molar-refractivity contribution in [2.45, 2.75) is 13.1 Å². The van der Waals surface area contributed by atoms with Crippen molar-refractivity contribution in [1.29, 1.82) is 0 Å². The fraction of sp³-hybridized carbons (Fsp3) is 0.400. The first-order valence-electron chi connectivity index (χ1n) is 2.54. The lowest BCUT2D eigenvalue weighted by atomic mass is 10.3. The van der Waals surface area contributed by atoms with Crippen LogP contribution in [0, 0.1) is 0 Å². The van der Waals surface area contributed by atoms with Gasteiger partial charge in [0.15, 0.2) is 5.71 Å². The molecule has 2 nitrogen and oxygen atoms in total. The summed E-state index contributed by atoms with van der Waals surface area (Å²) < 4.78 is 35.1. The molecule has 10 heavy (non-hydrogen) atoms. The zero-order valence-electron chi connectivity index (χ0n) is 5.11. The molecule has 1 heterocycles. The lowest BCUT2D eigenvalue weighted by molar-refractivity contribution is -0.0577. The Morgan fingerprint density at radius 2 is 2.00 bits per heavy atom. The molecule has 0 bridgehead atoms. The molecule has 0 saturated heterocycles. The molecule has 0 amide bonds. The normalized spacial score (nSPS) is 18.0. The van der Waals surface area contributed by atoms with E-state index >= 15 is 0 Å². The summed E-state index contributed by atoms with van der Waals surface area (Å²) in [5.41, 5.74) is 2.57. The number of hydrogen-bond acceptors (Lipinski definition) is 1. The molecule has 0 atom stereocenters. The van der Waals surface area contributed by atoms with Crippen molar-refractivity contribution in [3.8, 4) is 0 Å². The van der Waals surface area contributed by atoms with Gasteiger partial charge in [0.05, 0.1) is 5.70 Å². The summed E-state index contributed by atoms with van der Waals surface area (Å²) >= 11 is 0. The molecule has 0 spiro atoms. The zero-order chi connectivity index (χ0) is 7.78. The van der Waals surface area contributed by atoms with Crippen molar-refractivity contribution in [1.82, 2.24) is 5.43 Å². The summed E-state index contributed by atoms with van der Waals surface area (Å²) in [6, 6.07) is 0. The van der Waals surface area contributed by atoms with Crippen LogP contribution in [0.25, 0.3) is 0 Å². The molecular formula is C5H4F3N2. The Morgan fingerprint density at radius 3 is 2.20 bits per heavy atom. The predicted octanol–water partition coefficient (Wildman–Crippen LogP) is 1.43. The maximum atomic E-state index is 11.7. The van der Waals surface area contributed by atoms with E-state index in [0.717, 1.165) is 6.08 Å². The van der Waals surface area contributed by atoms with Gasteiger partial charge in [0.1, 0.15) is 0 Å². The molecule has 0 aromatic carbocycles. The molecule has 5 heteroatoms. The Hall–Kier alpha value is -1.00. The highest BCUT2D eigenvalue weighted by Crippen LogP contribution is 2.21. The van der Waals surface area contributed by atoms with Gasteiger partial charge >= 0.3 is 6.18 Å². The van der Waals surface area contributed by atoms with E-state index in [1.807, 2.05) is 0 Å². The first kappa shape index (κ1) is 7.11. The van der Waals surface area contributed by atoms with Crippen molar-refractivity contribution < 1.29 is 13.2 Å². The monoisotopic (exact) mass is 149 g/mol. The molecular weight excluding hydrogens is 145 g/mol. The van der Waals surface area contributed by atoms with Crippen molar-refractivity contribution in [2.24, 2.45) is 5.10 Å². The van der Waals surface area contributed by atoms with Crippen LogP contribution in [0.4, 0.5) is 13.2 Å². The van der Waals surface area contributed by atoms with E-state index in [9.17, 15) is 13.2 Å². The first-order chi connectivity index (χ1) is 4.50. The average molecular weight is 149 g/mol. The molecule has 0 aliphatic carbocycles. The molecule has 0 aromatic rings. The maximum absolute atomic E-state index is 11.7. The number of allylic oxidation sites excluding steroid dienone is 2. The van der Waals surface area contributed by atoms with Crippen molar-refractivity contribution in [3.05, 3.63) is 11.8 Å². The standard InChI is InChI=1S/C5H4F3N2/c1-3-2-4(10-9-3)5(6,7)8/h2H,1H3. The van der Waals surface area contributed by atoms with Gasteiger partial charge in [-0.3, -0.25) is 0 Å². The van der Waals surface area contributed by atoms with E-state index in [-0.39, 0.29) is 5.70 Å². The third-order valence-electron chi connectivity index (χ3n) is 0.952. The number of halogens is 3. The van der Waals surface area contributed by atoms with Gasteiger partial charge in [0.25, 0.3) is 0 Å². The lowest BCUT2D eigenvalue weighted by Crippen LogP contribution is -2.19. The second-order valence-corrected chi connectivity index (χ2v) is 1.87. The van der Waals surface area contributed by atoms with E-state index in [2.05, 4.69) is 10.5 Å². The van der Waals surface area contributed by atoms with Crippen LogP contribution >= 0.6 is 0 Å². The van der Waals surface area contributed by atoms with Crippen molar-refractivity contribution in [2.75, 3.05) is 0 Å². The van der Waals surface area contributed by atoms with Crippen LogP contribution in [0.15, 0.2) is 16.9 Å². The molecule has 0 fully saturated rings. The third-order valence-corrected chi connectivity index (χ3v) is 0.952. The molecule has 0 unspecified atom stereocenters. The van der Waals surface area contributed by atoms with Crippen LogP contribution in [0.3, 0.4) is 0 Å². The van der Waals surface area contributed by atoms with Crippen LogP contribution in [-0.4, -0.2) is 11.9 Å². The van der Waals surface area contributed by atoms with Gasteiger partial charge in [-0.2, -0.15) is 18.6 Å². The minimum Gasteiger partial charge on any atom is -0.164 e. The summed E-state index contributed by atoms with van der Waals surface area (Å²) in [7, 11) is 0. The Bertz CT molecular complexity index is 201. The van der Waals surface area contributed by atoms with Gasteiger partial charge in [-0.25, -0.2) is 0 Å². The summed E-state index contributed by atoms with van der Waals surface area (Å²) in [6.45, 7) is 1.46. The quantitative estimate of drug-likeness (QED) is 0.498. The van der Waals surface area contributed by atoms with E-state index in [1.54, 1.807) is 0 Å².